The van der Waals surface area contributed by atoms with E-state index in [0.29, 0.717) is 5.56 Å². The fourth-order valence-electron chi connectivity index (χ4n) is 2.30. The van der Waals surface area contributed by atoms with Gasteiger partial charge in [-0.15, -0.1) is 0 Å². The summed E-state index contributed by atoms with van der Waals surface area (Å²) in [5, 5.41) is -0.549. The Labute approximate surface area is 158 Å². The lowest BCUT2D eigenvalue weighted by molar-refractivity contribution is -0.138. The Kier molecular flexibility index (Phi) is 6.00. The van der Waals surface area contributed by atoms with Crippen molar-refractivity contribution in [2.75, 3.05) is 6.54 Å². The third-order valence-electron chi connectivity index (χ3n) is 3.61. The third-order valence-corrected chi connectivity index (χ3v) is 4.52. The number of imide groups is 1. The van der Waals surface area contributed by atoms with Gasteiger partial charge in [-0.3, -0.25) is 24.1 Å². The van der Waals surface area contributed by atoms with Crippen molar-refractivity contribution in [1.82, 2.24) is 10.4 Å². The van der Waals surface area contributed by atoms with Gasteiger partial charge in [0.25, 0.3) is 17.1 Å². The van der Waals surface area contributed by atoms with Crippen molar-refractivity contribution in [3.63, 3.8) is 0 Å². The Morgan fingerprint density at radius 2 is 1.81 bits per heavy atom. The van der Waals surface area contributed by atoms with Crippen LogP contribution in [0.25, 0.3) is 6.08 Å². The van der Waals surface area contributed by atoms with Crippen molar-refractivity contribution < 1.29 is 23.6 Å². The second-order valence-corrected chi connectivity index (χ2v) is 6.61. The number of carbonyl (C=O) groups excluding carboxylic acids is 3. The maximum Gasteiger partial charge on any atom is 0.294 e. The molecule has 3 amide bonds. The molecular formula is C19H15FN2O4S. The highest BCUT2D eigenvalue weighted by molar-refractivity contribution is 8.18. The number of nitrogens with one attached hydrogen (secondary N) is 1. The molecule has 0 aliphatic carbocycles. The van der Waals surface area contributed by atoms with E-state index in [1.807, 2.05) is 30.3 Å². The summed E-state index contributed by atoms with van der Waals surface area (Å²) >= 11 is 0.727. The van der Waals surface area contributed by atoms with Crippen molar-refractivity contribution in [2.45, 2.75) is 6.61 Å². The van der Waals surface area contributed by atoms with Gasteiger partial charge in [0.1, 0.15) is 12.4 Å². The average Bonchev–Trinajstić information content (AvgIpc) is 2.92. The number of hydrogen-bond donors (Lipinski definition) is 1. The Morgan fingerprint density at radius 3 is 2.52 bits per heavy atom. The molecule has 1 fully saturated rings. The van der Waals surface area contributed by atoms with E-state index in [4.69, 9.17) is 4.84 Å². The van der Waals surface area contributed by atoms with Crippen molar-refractivity contribution in [3.8, 4) is 0 Å². The highest BCUT2D eigenvalue weighted by Crippen LogP contribution is 2.31. The second kappa shape index (κ2) is 8.61. The molecule has 6 nitrogen and oxygen atoms in total. The summed E-state index contributed by atoms with van der Waals surface area (Å²) in [6.07, 6.45) is 1.48. The number of amides is 3. The Hall–Kier alpha value is -2.97. The molecule has 0 atom stereocenters. The van der Waals surface area contributed by atoms with E-state index in [1.165, 1.54) is 30.3 Å². The molecule has 8 heteroatoms. The summed E-state index contributed by atoms with van der Waals surface area (Å²) in [5.74, 6) is -1.59. The van der Waals surface area contributed by atoms with E-state index in [0.717, 1.165) is 22.2 Å². The number of thioether (sulfide) groups is 1. The quantitative estimate of drug-likeness (QED) is 0.610. The Balaban J connectivity index is 1.55. The van der Waals surface area contributed by atoms with Crippen LogP contribution in [0.2, 0.25) is 0 Å². The first kappa shape index (κ1) is 18.8. The normalized spacial score (nSPS) is 15.4. The zero-order chi connectivity index (χ0) is 19.2. The molecule has 2 aromatic carbocycles. The predicted molar refractivity (Wildman–Crippen MR) is 98.5 cm³/mol. The van der Waals surface area contributed by atoms with Crippen LogP contribution in [0, 0.1) is 5.82 Å². The molecule has 27 heavy (non-hydrogen) atoms. The molecule has 3 rings (SSSR count). The maximum absolute atomic E-state index is 12.9. The average molecular weight is 386 g/mol. The van der Waals surface area contributed by atoms with Gasteiger partial charge < -0.3 is 0 Å². The lowest BCUT2D eigenvalue weighted by atomic mass is 10.2. The predicted octanol–water partition coefficient (Wildman–Crippen LogP) is 3.11. The van der Waals surface area contributed by atoms with Crippen LogP contribution in [0.5, 0.6) is 0 Å². The molecule has 138 valence electrons. The van der Waals surface area contributed by atoms with E-state index < -0.39 is 29.4 Å². The number of rotatable bonds is 6. The first-order valence-electron chi connectivity index (χ1n) is 7.98. The molecule has 0 bridgehead atoms. The van der Waals surface area contributed by atoms with Crippen LogP contribution >= 0.6 is 11.8 Å². The number of nitrogens with zero attached hydrogens (tertiary/aromatic N) is 1. The molecule has 1 saturated heterocycles. The molecule has 0 spiro atoms. The Bertz CT molecular complexity index is 884. The van der Waals surface area contributed by atoms with Crippen LogP contribution in [0.4, 0.5) is 9.18 Å². The van der Waals surface area contributed by atoms with Crippen molar-refractivity contribution >= 4 is 34.9 Å². The zero-order valence-electron chi connectivity index (χ0n) is 14.1. The Morgan fingerprint density at radius 1 is 1.11 bits per heavy atom. The van der Waals surface area contributed by atoms with Crippen molar-refractivity contribution in [2.24, 2.45) is 0 Å². The lowest BCUT2D eigenvalue weighted by Crippen LogP contribution is -2.39. The lowest BCUT2D eigenvalue weighted by Gasteiger charge is -2.12. The molecule has 0 saturated carbocycles. The fraction of sp³-hybridized carbons (Fsp3) is 0.105. The molecule has 1 aliphatic rings. The zero-order valence-corrected chi connectivity index (χ0v) is 14.9. The number of hydroxylamine groups is 1. The molecule has 2 aromatic rings. The van der Waals surface area contributed by atoms with Gasteiger partial charge in [0, 0.05) is 0 Å². The molecule has 1 N–H and O–H groups in total. The van der Waals surface area contributed by atoms with Crippen LogP contribution in [-0.2, 0) is 21.0 Å². The highest BCUT2D eigenvalue weighted by Gasteiger charge is 2.36. The molecule has 0 radical (unpaired) electrons. The maximum atomic E-state index is 12.9. The van der Waals surface area contributed by atoms with E-state index in [1.54, 1.807) is 0 Å². The van der Waals surface area contributed by atoms with Gasteiger partial charge in [-0.05, 0) is 41.1 Å². The van der Waals surface area contributed by atoms with Gasteiger partial charge in [-0.25, -0.2) is 9.87 Å². The summed E-state index contributed by atoms with van der Waals surface area (Å²) in [7, 11) is 0. The molecule has 1 heterocycles. The first-order valence-corrected chi connectivity index (χ1v) is 8.80. The summed E-state index contributed by atoms with van der Waals surface area (Å²) in [6, 6.07) is 14.7. The molecule has 0 aromatic heterocycles. The number of benzene rings is 2. The van der Waals surface area contributed by atoms with Crippen molar-refractivity contribution in [3.05, 3.63) is 76.4 Å². The number of carbonyl (C=O) groups is 3. The SMILES string of the molecule is O=C(CN1C(=O)S/C(=C\c2ccc(F)cc2)C1=O)NOCc1ccccc1. The van der Waals surface area contributed by atoms with Gasteiger partial charge >= 0.3 is 0 Å². The van der Waals surface area contributed by atoms with E-state index in [9.17, 15) is 18.8 Å². The summed E-state index contributed by atoms with van der Waals surface area (Å²) in [4.78, 5) is 42.4. The van der Waals surface area contributed by atoms with Crippen LogP contribution in [-0.4, -0.2) is 28.5 Å². The molecular weight excluding hydrogens is 371 g/mol. The summed E-state index contributed by atoms with van der Waals surface area (Å²) in [5.41, 5.74) is 3.66. The minimum atomic E-state index is -0.615. The van der Waals surface area contributed by atoms with Crippen LogP contribution in [0.15, 0.2) is 59.5 Å². The summed E-state index contributed by atoms with van der Waals surface area (Å²) < 4.78 is 12.9. The topological polar surface area (TPSA) is 75.7 Å². The third kappa shape index (κ3) is 5.02. The standard InChI is InChI=1S/C19H15FN2O4S/c20-15-8-6-13(7-9-15)10-16-18(24)22(19(25)27-16)11-17(23)21-26-12-14-4-2-1-3-5-14/h1-10H,11-12H2,(H,21,23)/b16-10-. The van der Waals surface area contributed by atoms with E-state index in [2.05, 4.69) is 5.48 Å². The van der Waals surface area contributed by atoms with E-state index in [-0.39, 0.29) is 11.5 Å². The minimum Gasteiger partial charge on any atom is -0.271 e. The fourth-order valence-corrected chi connectivity index (χ4v) is 3.13. The van der Waals surface area contributed by atoms with Gasteiger partial charge in [0.2, 0.25) is 0 Å². The second-order valence-electron chi connectivity index (χ2n) is 5.62. The van der Waals surface area contributed by atoms with Crippen molar-refractivity contribution in [1.29, 1.82) is 0 Å². The monoisotopic (exact) mass is 386 g/mol. The van der Waals surface area contributed by atoms with Crippen LogP contribution < -0.4 is 5.48 Å². The largest absolute Gasteiger partial charge is 0.294 e. The minimum absolute atomic E-state index is 0.166. The van der Waals surface area contributed by atoms with Gasteiger partial charge in [0.15, 0.2) is 0 Å². The van der Waals surface area contributed by atoms with Crippen LogP contribution in [0.3, 0.4) is 0 Å². The van der Waals surface area contributed by atoms with Gasteiger partial charge in [-0.1, -0.05) is 42.5 Å². The molecule has 1 aliphatic heterocycles. The van der Waals surface area contributed by atoms with Crippen LogP contribution in [0.1, 0.15) is 11.1 Å². The summed E-state index contributed by atoms with van der Waals surface area (Å²) in [6.45, 7) is -0.279. The number of halogens is 1. The van der Waals surface area contributed by atoms with Gasteiger partial charge in [-0.2, -0.15) is 0 Å². The van der Waals surface area contributed by atoms with E-state index >= 15 is 0 Å². The first-order chi connectivity index (χ1) is 13.0. The number of hydrogen-bond acceptors (Lipinski definition) is 5. The molecule has 0 unspecified atom stereocenters. The highest BCUT2D eigenvalue weighted by atomic mass is 32.2. The smallest absolute Gasteiger partial charge is 0.271 e. The van der Waals surface area contributed by atoms with Gasteiger partial charge in [0.05, 0.1) is 11.5 Å².